The first kappa shape index (κ1) is 6.15. The van der Waals surface area contributed by atoms with E-state index in [9.17, 15) is 0 Å². The first-order valence-electron chi connectivity index (χ1n) is 3.36. The van der Waals surface area contributed by atoms with E-state index in [1.165, 1.54) is 0 Å². The molecule has 2 heterocycles. The Morgan fingerprint density at radius 2 is 2.27 bits per heavy atom. The van der Waals surface area contributed by atoms with Crippen molar-refractivity contribution >= 4 is 0 Å². The Morgan fingerprint density at radius 3 is 2.82 bits per heavy atom. The molecule has 0 saturated carbocycles. The highest BCUT2D eigenvalue weighted by molar-refractivity contribution is 5.51. The van der Waals surface area contributed by atoms with Gasteiger partial charge in [-0.15, -0.1) is 0 Å². The van der Waals surface area contributed by atoms with Gasteiger partial charge in [-0.1, -0.05) is 0 Å². The lowest BCUT2D eigenvalue weighted by Crippen LogP contribution is -1.87. The summed E-state index contributed by atoms with van der Waals surface area (Å²) in [4.78, 5) is 0. The first-order valence-corrected chi connectivity index (χ1v) is 3.36. The predicted octanol–water partition coefficient (Wildman–Crippen LogP) is 0.810. The fraction of sp³-hybridized carbons (Fsp3) is 0.143. The maximum absolute atomic E-state index is 4.19. The lowest BCUT2D eigenvalue weighted by atomic mass is 10.3. The van der Waals surface area contributed by atoms with Crippen molar-refractivity contribution in [2.45, 2.75) is 0 Å². The molecule has 0 aliphatic carbocycles. The summed E-state index contributed by atoms with van der Waals surface area (Å²) in [5.74, 6) is 0. The second-order valence-electron chi connectivity index (χ2n) is 2.33. The van der Waals surface area contributed by atoms with Gasteiger partial charge in [0.15, 0.2) is 0 Å². The monoisotopic (exact) mass is 148 g/mol. The number of H-pyrrole nitrogens is 1. The van der Waals surface area contributed by atoms with Crippen LogP contribution in [-0.2, 0) is 7.05 Å². The third-order valence-electron chi connectivity index (χ3n) is 1.48. The number of rotatable bonds is 1. The van der Waals surface area contributed by atoms with E-state index in [0.29, 0.717) is 0 Å². The van der Waals surface area contributed by atoms with Crippen molar-refractivity contribution < 1.29 is 0 Å². The summed E-state index contributed by atoms with van der Waals surface area (Å²) in [5, 5.41) is 10.9. The quantitative estimate of drug-likeness (QED) is 0.650. The van der Waals surface area contributed by atoms with Crippen LogP contribution in [-0.4, -0.2) is 20.0 Å². The molecule has 0 bridgehead atoms. The summed E-state index contributed by atoms with van der Waals surface area (Å²) in [6, 6.07) is 3.82. The third-order valence-corrected chi connectivity index (χ3v) is 1.48. The highest BCUT2D eigenvalue weighted by Crippen LogP contribution is 2.11. The van der Waals surface area contributed by atoms with E-state index in [1.54, 1.807) is 10.9 Å². The van der Waals surface area contributed by atoms with Crippen molar-refractivity contribution in [2.75, 3.05) is 0 Å². The Balaban J connectivity index is 2.45. The zero-order valence-electron chi connectivity index (χ0n) is 6.15. The maximum Gasteiger partial charge on any atom is 0.113 e. The number of nitrogens with one attached hydrogen (secondary N) is 1. The standard InChI is InChI=1S/C7H8N4/c1-11-5-3-7(10-11)6-2-4-8-9-6/h2-5H,1H3,(H,8,9). The van der Waals surface area contributed by atoms with Crippen molar-refractivity contribution in [2.24, 2.45) is 7.05 Å². The number of nitrogens with zero attached hydrogens (tertiary/aromatic N) is 3. The van der Waals surface area contributed by atoms with Crippen molar-refractivity contribution in [3.63, 3.8) is 0 Å². The van der Waals surface area contributed by atoms with Crippen molar-refractivity contribution in [3.8, 4) is 11.4 Å². The van der Waals surface area contributed by atoms with Gasteiger partial charge in [-0.05, 0) is 12.1 Å². The number of hydrogen-bond acceptors (Lipinski definition) is 2. The van der Waals surface area contributed by atoms with Crippen molar-refractivity contribution in [1.29, 1.82) is 0 Å². The maximum atomic E-state index is 4.19. The SMILES string of the molecule is Cn1ccc(-c2cc[nH]n2)n1. The molecule has 0 amide bonds. The van der Waals surface area contributed by atoms with Crippen LogP contribution in [0, 0.1) is 0 Å². The van der Waals surface area contributed by atoms with Crippen LogP contribution in [0.15, 0.2) is 24.5 Å². The fourth-order valence-electron chi connectivity index (χ4n) is 0.955. The van der Waals surface area contributed by atoms with Gasteiger partial charge in [-0.25, -0.2) is 0 Å². The minimum atomic E-state index is 0.880. The Labute approximate surface area is 63.9 Å². The molecule has 11 heavy (non-hydrogen) atoms. The molecular weight excluding hydrogens is 140 g/mol. The molecule has 4 nitrogen and oxygen atoms in total. The number of aryl methyl sites for hydroxylation is 1. The van der Waals surface area contributed by atoms with Crippen LogP contribution in [0.25, 0.3) is 11.4 Å². The van der Waals surface area contributed by atoms with E-state index < -0.39 is 0 Å². The highest BCUT2D eigenvalue weighted by atomic mass is 15.3. The predicted molar refractivity (Wildman–Crippen MR) is 40.8 cm³/mol. The molecule has 0 spiro atoms. The van der Waals surface area contributed by atoms with E-state index in [0.717, 1.165) is 11.4 Å². The van der Waals surface area contributed by atoms with Gasteiger partial charge >= 0.3 is 0 Å². The molecule has 0 aliphatic heterocycles. The largest absolute Gasteiger partial charge is 0.285 e. The molecule has 0 unspecified atom stereocenters. The average molecular weight is 148 g/mol. The second-order valence-corrected chi connectivity index (χ2v) is 2.33. The summed E-state index contributed by atoms with van der Waals surface area (Å²) in [5.41, 5.74) is 1.78. The molecule has 0 fully saturated rings. The average Bonchev–Trinajstić information content (AvgIpc) is 2.55. The molecule has 0 radical (unpaired) electrons. The second kappa shape index (κ2) is 2.23. The molecular formula is C7H8N4. The fourth-order valence-corrected chi connectivity index (χ4v) is 0.955. The molecule has 0 saturated heterocycles. The van der Waals surface area contributed by atoms with Crippen LogP contribution in [0.5, 0.6) is 0 Å². The molecule has 0 atom stereocenters. The Bertz CT molecular complexity index is 333. The van der Waals surface area contributed by atoms with Gasteiger partial charge < -0.3 is 0 Å². The molecule has 4 heteroatoms. The molecule has 2 aromatic heterocycles. The van der Waals surface area contributed by atoms with Gasteiger partial charge in [0.05, 0.1) is 0 Å². The molecule has 0 aliphatic rings. The van der Waals surface area contributed by atoms with E-state index in [-0.39, 0.29) is 0 Å². The summed E-state index contributed by atoms with van der Waals surface area (Å²) < 4.78 is 1.75. The van der Waals surface area contributed by atoms with Crippen LogP contribution < -0.4 is 0 Å². The van der Waals surface area contributed by atoms with Crippen LogP contribution in [0.4, 0.5) is 0 Å². The summed E-state index contributed by atoms with van der Waals surface area (Å²) in [6.07, 6.45) is 3.67. The molecule has 2 aromatic rings. The Morgan fingerprint density at radius 1 is 1.36 bits per heavy atom. The van der Waals surface area contributed by atoms with Crippen molar-refractivity contribution in [3.05, 3.63) is 24.5 Å². The lowest BCUT2D eigenvalue weighted by molar-refractivity contribution is 0.769. The number of aromatic amines is 1. The van der Waals surface area contributed by atoms with Crippen LogP contribution in [0.2, 0.25) is 0 Å². The van der Waals surface area contributed by atoms with Gasteiger partial charge in [0.1, 0.15) is 11.4 Å². The summed E-state index contributed by atoms with van der Waals surface area (Å²) >= 11 is 0. The molecule has 2 rings (SSSR count). The van der Waals surface area contributed by atoms with Crippen LogP contribution in [0.1, 0.15) is 0 Å². The molecule has 0 aromatic carbocycles. The van der Waals surface area contributed by atoms with E-state index in [1.807, 2.05) is 25.4 Å². The van der Waals surface area contributed by atoms with Crippen LogP contribution in [0.3, 0.4) is 0 Å². The smallest absolute Gasteiger partial charge is 0.113 e. The van der Waals surface area contributed by atoms with Gasteiger partial charge in [-0.2, -0.15) is 10.2 Å². The minimum absolute atomic E-state index is 0.880. The number of hydrogen-bond donors (Lipinski definition) is 1. The van der Waals surface area contributed by atoms with Gasteiger partial charge in [0, 0.05) is 19.4 Å². The zero-order chi connectivity index (χ0) is 7.68. The third kappa shape index (κ3) is 1.02. The number of aromatic nitrogens is 4. The van der Waals surface area contributed by atoms with Gasteiger partial charge in [0.25, 0.3) is 0 Å². The molecule has 56 valence electrons. The Kier molecular flexibility index (Phi) is 1.25. The van der Waals surface area contributed by atoms with Gasteiger partial charge in [0.2, 0.25) is 0 Å². The van der Waals surface area contributed by atoms with Crippen LogP contribution >= 0.6 is 0 Å². The van der Waals surface area contributed by atoms with E-state index in [4.69, 9.17) is 0 Å². The zero-order valence-corrected chi connectivity index (χ0v) is 6.15. The first-order chi connectivity index (χ1) is 5.36. The van der Waals surface area contributed by atoms with Gasteiger partial charge in [-0.3, -0.25) is 9.78 Å². The molecule has 1 N–H and O–H groups in total. The topological polar surface area (TPSA) is 46.5 Å². The highest BCUT2D eigenvalue weighted by Gasteiger charge is 2.00. The van der Waals surface area contributed by atoms with Crippen molar-refractivity contribution in [1.82, 2.24) is 20.0 Å². The minimum Gasteiger partial charge on any atom is -0.285 e. The van der Waals surface area contributed by atoms with E-state index in [2.05, 4.69) is 15.3 Å². The Hall–Kier alpha value is -1.58. The normalized spacial score (nSPS) is 10.3. The summed E-state index contributed by atoms with van der Waals surface area (Å²) in [6.45, 7) is 0. The lowest BCUT2D eigenvalue weighted by Gasteiger charge is -1.85. The summed E-state index contributed by atoms with van der Waals surface area (Å²) in [7, 11) is 1.89. The van der Waals surface area contributed by atoms with E-state index >= 15 is 0 Å².